The van der Waals surface area contributed by atoms with Crippen LogP contribution in [0, 0.1) is 0 Å². The van der Waals surface area contributed by atoms with E-state index < -0.39 is 0 Å². The molecular formula is C4H9InN2S. The summed E-state index contributed by atoms with van der Waals surface area (Å²) in [6.07, 6.45) is 3.37. The molecular weight excluding hydrogens is 223 g/mol. The first-order valence-corrected chi connectivity index (χ1v) is 6.07. The molecule has 0 saturated heterocycles. The zero-order valence-corrected chi connectivity index (χ0v) is 11.4. The van der Waals surface area contributed by atoms with Gasteiger partial charge in [0.05, 0.1) is 0 Å². The molecule has 1 heterocycles. The van der Waals surface area contributed by atoms with Gasteiger partial charge in [-0.15, -0.1) is 0 Å². The Morgan fingerprint density at radius 3 is 3.50 bits per heavy atom. The normalized spacial score (nSPS) is 23.0. The van der Waals surface area contributed by atoms with Gasteiger partial charge in [0.25, 0.3) is 0 Å². The fraction of sp³-hybridized carbons (Fsp3) is 0.500. The molecule has 0 spiro atoms. The molecule has 0 amide bonds. The molecule has 0 fully saturated rings. The molecule has 0 atom stereocenters. The van der Waals surface area contributed by atoms with Crippen molar-refractivity contribution in [2.24, 2.45) is 0 Å². The monoisotopic (exact) mass is 232 g/mol. The molecule has 0 saturated carbocycles. The second-order valence-electron chi connectivity index (χ2n) is 1.67. The molecule has 0 aliphatic carbocycles. The standard InChI is InChI=1S/C4H7N2S.In.2H/c1-2-4-7-6-5-3-1;;;/h2,4-5H,1,3H2;;;/q-1;+1;;. The predicted octanol–water partition coefficient (Wildman–Crippen LogP) is -0.0933. The van der Waals surface area contributed by atoms with Crippen molar-refractivity contribution in [1.82, 2.24) is 7.83 Å². The van der Waals surface area contributed by atoms with Gasteiger partial charge in [-0.1, -0.05) is 0 Å². The maximum atomic E-state index is 3.27. The van der Waals surface area contributed by atoms with Crippen LogP contribution in [0.3, 0.4) is 0 Å². The van der Waals surface area contributed by atoms with E-state index in [1.807, 2.05) is 0 Å². The van der Waals surface area contributed by atoms with E-state index in [1.165, 1.54) is 6.42 Å². The van der Waals surface area contributed by atoms with Crippen LogP contribution in [0.5, 0.6) is 0 Å². The number of hydrazine groups is 1. The van der Waals surface area contributed by atoms with Crippen LogP contribution in [-0.2, 0) is 0 Å². The van der Waals surface area contributed by atoms with E-state index in [1.54, 1.807) is 11.9 Å². The van der Waals surface area contributed by atoms with Crippen molar-refractivity contribution in [1.29, 1.82) is 0 Å². The van der Waals surface area contributed by atoms with E-state index in [0.29, 0.717) is 24.7 Å². The summed E-state index contributed by atoms with van der Waals surface area (Å²) < 4.78 is 2.21. The van der Waals surface area contributed by atoms with E-state index in [4.69, 9.17) is 0 Å². The van der Waals surface area contributed by atoms with Crippen molar-refractivity contribution in [2.75, 3.05) is 6.54 Å². The first kappa shape index (κ1) is 6.99. The van der Waals surface area contributed by atoms with Crippen molar-refractivity contribution >= 4 is 36.6 Å². The first-order chi connectivity index (χ1) is 3.89. The van der Waals surface area contributed by atoms with Gasteiger partial charge < -0.3 is 0 Å². The van der Waals surface area contributed by atoms with Crippen LogP contribution in [0.4, 0.5) is 0 Å². The molecule has 0 aromatic heterocycles. The number of nitrogens with zero attached hydrogens (tertiary/aromatic N) is 1. The third kappa shape index (κ3) is 2.44. The molecule has 1 N–H and O–H groups in total. The van der Waals surface area contributed by atoms with Crippen LogP contribution in [0.15, 0.2) is 11.5 Å². The Bertz CT molecular complexity index is 96.0. The summed E-state index contributed by atoms with van der Waals surface area (Å²) in [6.45, 7) is 1.11. The van der Waals surface area contributed by atoms with Gasteiger partial charge in [-0.3, -0.25) is 0 Å². The third-order valence-electron chi connectivity index (χ3n) is 0.961. The third-order valence-corrected chi connectivity index (χ3v) is 4.43. The molecule has 0 unspecified atom stereocenters. The summed E-state index contributed by atoms with van der Waals surface area (Å²) in [6, 6.07) is 0. The number of hydrogen-bond donors (Lipinski definition) is 1. The molecule has 0 aromatic carbocycles. The Morgan fingerprint density at radius 1 is 1.75 bits per heavy atom. The van der Waals surface area contributed by atoms with Gasteiger partial charge >= 0.3 is 68.9 Å². The first-order valence-electron chi connectivity index (χ1n) is 2.68. The Kier molecular flexibility index (Phi) is 3.34. The summed E-state index contributed by atoms with van der Waals surface area (Å²) in [7, 11) is 0. The Morgan fingerprint density at radius 2 is 2.62 bits per heavy atom. The fourth-order valence-corrected chi connectivity index (χ4v) is 2.80. The Labute approximate surface area is 68.8 Å². The molecule has 8 heavy (non-hydrogen) atoms. The molecule has 2 nitrogen and oxygen atoms in total. The second-order valence-corrected chi connectivity index (χ2v) is 7.11. The summed E-state index contributed by atoms with van der Waals surface area (Å²) in [5, 5.41) is 2.15. The van der Waals surface area contributed by atoms with E-state index in [9.17, 15) is 0 Å². The topological polar surface area (TPSA) is 15.3 Å². The van der Waals surface area contributed by atoms with Crippen LogP contribution in [0.1, 0.15) is 6.42 Å². The number of nitrogens with one attached hydrogen (secondary N) is 1. The van der Waals surface area contributed by atoms with Gasteiger partial charge in [0.2, 0.25) is 0 Å². The summed E-state index contributed by atoms with van der Waals surface area (Å²) in [4.78, 5) is 0. The zero-order chi connectivity index (χ0) is 5.82. The van der Waals surface area contributed by atoms with Crippen molar-refractivity contribution in [2.45, 2.75) is 6.42 Å². The van der Waals surface area contributed by atoms with Gasteiger partial charge in [-0.2, -0.15) is 0 Å². The Balaban J connectivity index is 2.30. The quantitative estimate of drug-likeness (QED) is 0.587. The fourth-order valence-electron chi connectivity index (χ4n) is 0.545. The Hall–Kier alpha value is 0.880. The van der Waals surface area contributed by atoms with Gasteiger partial charge in [0.1, 0.15) is 0 Å². The van der Waals surface area contributed by atoms with E-state index in [0.717, 1.165) is 6.54 Å². The summed E-state index contributed by atoms with van der Waals surface area (Å²) in [5.41, 5.74) is 3.27. The van der Waals surface area contributed by atoms with Crippen molar-refractivity contribution in [3.05, 3.63) is 11.5 Å². The van der Waals surface area contributed by atoms with E-state index in [2.05, 4.69) is 19.3 Å². The van der Waals surface area contributed by atoms with Crippen LogP contribution in [0.25, 0.3) is 0 Å². The predicted molar refractivity (Wildman–Crippen MR) is 39.7 cm³/mol. The van der Waals surface area contributed by atoms with Crippen LogP contribution in [-0.4, -0.2) is 33.6 Å². The average Bonchev–Trinajstić information content (AvgIpc) is 1.94. The van der Waals surface area contributed by atoms with E-state index in [-0.39, 0.29) is 0 Å². The SMILES string of the molecule is [InH2][N]1NCCC=CS1. The zero-order valence-electron chi connectivity index (χ0n) is 4.92. The minimum atomic E-state index is 0.605. The molecule has 1 aliphatic heterocycles. The van der Waals surface area contributed by atoms with Crippen LogP contribution < -0.4 is 5.43 Å². The number of hydrogen-bond acceptors (Lipinski definition) is 3. The molecule has 0 bridgehead atoms. The van der Waals surface area contributed by atoms with Crippen molar-refractivity contribution in [3.8, 4) is 0 Å². The minimum absolute atomic E-state index is 0.605. The molecule has 0 aromatic rings. The van der Waals surface area contributed by atoms with Crippen molar-refractivity contribution in [3.63, 3.8) is 0 Å². The van der Waals surface area contributed by atoms with Gasteiger partial charge in [0.15, 0.2) is 0 Å². The molecule has 44 valence electrons. The average molecular weight is 232 g/mol. The molecule has 4 heteroatoms. The summed E-state index contributed by atoms with van der Waals surface area (Å²) >= 11 is 2.38. The molecule has 1 rings (SSSR count). The number of rotatable bonds is 0. The maximum absolute atomic E-state index is 3.27. The van der Waals surface area contributed by atoms with Gasteiger partial charge in [-0.25, -0.2) is 0 Å². The molecule has 0 radical (unpaired) electrons. The van der Waals surface area contributed by atoms with Crippen molar-refractivity contribution < 1.29 is 0 Å². The van der Waals surface area contributed by atoms with Gasteiger partial charge in [0, 0.05) is 0 Å². The second kappa shape index (κ2) is 3.82. The summed E-state index contributed by atoms with van der Waals surface area (Å²) in [5.74, 6) is 0. The molecule has 1 aliphatic rings. The van der Waals surface area contributed by atoms with Crippen LogP contribution >= 0.6 is 11.9 Å². The van der Waals surface area contributed by atoms with E-state index >= 15 is 0 Å². The van der Waals surface area contributed by atoms with Gasteiger partial charge in [-0.05, 0) is 0 Å². The van der Waals surface area contributed by atoms with Crippen LogP contribution in [0.2, 0.25) is 0 Å².